The lowest BCUT2D eigenvalue weighted by molar-refractivity contribution is 0.102. The predicted molar refractivity (Wildman–Crippen MR) is 113 cm³/mol. The predicted octanol–water partition coefficient (Wildman–Crippen LogP) is 4.61. The van der Waals surface area contributed by atoms with Crippen LogP contribution >= 0.6 is 0 Å². The fraction of sp³-hybridized carbons (Fsp3) is 0.261. The second kappa shape index (κ2) is 7.80. The molecule has 28 heavy (non-hydrogen) atoms. The van der Waals surface area contributed by atoms with Crippen molar-refractivity contribution in [3.05, 3.63) is 71.5 Å². The van der Waals surface area contributed by atoms with E-state index in [2.05, 4.69) is 20.2 Å². The highest BCUT2D eigenvalue weighted by Crippen LogP contribution is 2.29. The van der Waals surface area contributed by atoms with Crippen molar-refractivity contribution < 1.29 is 4.79 Å². The van der Waals surface area contributed by atoms with Crippen LogP contribution in [-0.2, 0) is 0 Å². The Morgan fingerprint density at radius 3 is 2.57 bits per heavy atom. The molecule has 1 N–H and O–H groups in total. The van der Waals surface area contributed by atoms with E-state index in [1.807, 2.05) is 56.3 Å². The molecule has 4 rings (SSSR count). The summed E-state index contributed by atoms with van der Waals surface area (Å²) in [4.78, 5) is 24.2. The van der Waals surface area contributed by atoms with Crippen LogP contribution in [0.2, 0.25) is 0 Å². The Balaban J connectivity index is 1.64. The molecule has 0 unspecified atom stereocenters. The van der Waals surface area contributed by atoms with Crippen molar-refractivity contribution in [1.82, 2.24) is 9.97 Å². The fourth-order valence-electron chi connectivity index (χ4n) is 3.58. The second-order valence-corrected chi connectivity index (χ2v) is 7.21. The summed E-state index contributed by atoms with van der Waals surface area (Å²) in [7, 11) is 0. The highest BCUT2D eigenvalue weighted by atomic mass is 16.1. The van der Waals surface area contributed by atoms with Crippen molar-refractivity contribution in [2.45, 2.75) is 26.7 Å². The SMILES string of the molecule is Cc1cccc(NC(=O)c2cccc(-c3nccnc3N3CCCC3)c2)c1C. The summed E-state index contributed by atoms with van der Waals surface area (Å²) in [5.41, 5.74) is 5.41. The maximum Gasteiger partial charge on any atom is 0.255 e. The van der Waals surface area contributed by atoms with Crippen LogP contribution in [0.4, 0.5) is 11.5 Å². The lowest BCUT2D eigenvalue weighted by Gasteiger charge is -2.19. The molecule has 1 aliphatic rings. The van der Waals surface area contributed by atoms with E-state index in [1.54, 1.807) is 12.4 Å². The Hall–Kier alpha value is -3.21. The number of amides is 1. The van der Waals surface area contributed by atoms with E-state index in [4.69, 9.17) is 0 Å². The van der Waals surface area contributed by atoms with Crippen molar-refractivity contribution in [2.24, 2.45) is 0 Å². The Morgan fingerprint density at radius 1 is 1.00 bits per heavy atom. The third-order valence-corrected chi connectivity index (χ3v) is 5.34. The second-order valence-electron chi connectivity index (χ2n) is 7.21. The first-order valence-corrected chi connectivity index (χ1v) is 9.67. The zero-order valence-corrected chi connectivity index (χ0v) is 16.3. The standard InChI is InChI=1S/C23H24N4O/c1-16-7-5-10-20(17(16)2)26-23(28)19-9-6-8-18(15-19)21-22(25-12-11-24-21)27-13-3-4-14-27/h5-12,15H,3-4,13-14H2,1-2H3,(H,26,28). The minimum atomic E-state index is -0.123. The smallest absolute Gasteiger partial charge is 0.255 e. The molecule has 5 heteroatoms. The Morgan fingerprint density at radius 2 is 1.75 bits per heavy atom. The number of hydrogen-bond acceptors (Lipinski definition) is 4. The molecule has 142 valence electrons. The molecular formula is C23H24N4O. The summed E-state index contributed by atoms with van der Waals surface area (Å²) in [5.74, 6) is 0.772. The average molecular weight is 372 g/mol. The van der Waals surface area contributed by atoms with Gasteiger partial charge in [0.2, 0.25) is 0 Å². The van der Waals surface area contributed by atoms with Gasteiger partial charge in [0.05, 0.1) is 0 Å². The third-order valence-electron chi connectivity index (χ3n) is 5.34. The van der Waals surface area contributed by atoms with Crippen molar-refractivity contribution in [1.29, 1.82) is 0 Å². The Labute approximate surface area is 165 Å². The summed E-state index contributed by atoms with van der Waals surface area (Å²) in [5, 5.41) is 3.03. The van der Waals surface area contributed by atoms with E-state index >= 15 is 0 Å². The quantitative estimate of drug-likeness (QED) is 0.726. The van der Waals surface area contributed by atoms with Gasteiger partial charge in [-0.05, 0) is 56.0 Å². The lowest BCUT2D eigenvalue weighted by atomic mass is 10.1. The van der Waals surface area contributed by atoms with E-state index < -0.39 is 0 Å². The maximum absolute atomic E-state index is 12.8. The largest absolute Gasteiger partial charge is 0.355 e. The van der Waals surface area contributed by atoms with Crippen molar-refractivity contribution >= 4 is 17.4 Å². The van der Waals surface area contributed by atoms with Gasteiger partial charge in [-0.2, -0.15) is 0 Å². The Kier molecular flexibility index (Phi) is 5.06. The minimum absolute atomic E-state index is 0.123. The van der Waals surface area contributed by atoms with Crippen LogP contribution < -0.4 is 10.2 Å². The molecule has 2 heterocycles. The number of benzene rings is 2. The molecular weight excluding hydrogens is 348 g/mol. The summed E-state index contributed by atoms with van der Waals surface area (Å²) >= 11 is 0. The molecule has 1 aliphatic heterocycles. The van der Waals surface area contributed by atoms with Gasteiger partial charge in [-0.3, -0.25) is 9.78 Å². The molecule has 0 radical (unpaired) electrons. The van der Waals surface area contributed by atoms with Crippen LogP contribution in [0, 0.1) is 13.8 Å². The summed E-state index contributed by atoms with van der Waals surface area (Å²) in [6, 6.07) is 13.5. The molecule has 1 aromatic heterocycles. The van der Waals surface area contributed by atoms with E-state index in [-0.39, 0.29) is 5.91 Å². The van der Waals surface area contributed by atoms with Crippen molar-refractivity contribution in [3.8, 4) is 11.3 Å². The number of carbonyl (C=O) groups is 1. The molecule has 0 spiro atoms. The highest BCUT2D eigenvalue weighted by molar-refractivity contribution is 6.05. The van der Waals surface area contributed by atoms with Gasteiger partial charge >= 0.3 is 0 Å². The normalized spacial score (nSPS) is 13.6. The number of nitrogens with zero attached hydrogens (tertiary/aromatic N) is 3. The van der Waals surface area contributed by atoms with Crippen LogP contribution in [0.3, 0.4) is 0 Å². The molecule has 0 aliphatic carbocycles. The molecule has 1 amide bonds. The average Bonchev–Trinajstić information content (AvgIpc) is 3.26. The summed E-state index contributed by atoms with van der Waals surface area (Å²) in [6.45, 7) is 6.06. The molecule has 0 saturated carbocycles. The summed E-state index contributed by atoms with van der Waals surface area (Å²) < 4.78 is 0. The number of aromatic nitrogens is 2. The van der Waals surface area contributed by atoms with Crippen molar-refractivity contribution in [2.75, 3.05) is 23.3 Å². The highest BCUT2D eigenvalue weighted by Gasteiger charge is 2.19. The fourth-order valence-corrected chi connectivity index (χ4v) is 3.58. The maximum atomic E-state index is 12.8. The van der Waals surface area contributed by atoms with Gasteiger partial charge in [0, 0.05) is 42.3 Å². The van der Waals surface area contributed by atoms with Gasteiger partial charge < -0.3 is 10.2 Å². The van der Waals surface area contributed by atoms with Crippen LogP contribution in [0.25, 0.3) is 11.3 Å². The topological polar surface area (TPSA) is 58.1 Å². The molecule has 5 nitrogen and oxygen atoms in total. The minimum Gasteiger partial charge on any atom is -0.355 e. The molecule has 2 aromatic carbocycles. The van der Waals surface area contributed by atoms with Crippen LogP contribution in [0.15, 0.2) is 54.9 Å². The van der Waals surface area contributed by atoms with Gasteiger partial charge in [0.25, 0.3) is 5.91 Å². The zero-order chi connectivity index (χ0) is 19.5. The number of aryl methyl sites for hydroxylation is 1. The number of rotatable bonds is 4. The third kappa shape index (κ3) is 3.60. The molecule has 1 fully saturated rings. The van der Waals surface area contributed by atoms with Gasteiger partial charge in [0.15, 0.2) is 5.82 Å². The first-order chi connectivity index (χ1) is 13.6. The Bertz CT molecular complexity index is 1010. The number of carbonyl (C=O) groups excluding carboxylic acids is 1. The van der Waals surface area contributed by atoms with Gasteiger partial charge in [0.1, 0.15) is 5.69 Å². The van der Waals surface area contributed by atoms with Crippen LogP contribution in [0.5, 0.6) is 0 Å². The number of hydrogen-bond donors (Lipinski definition) is 1. The van der Waals surface area contributed by atoms with E-state index in [0.29, 0.717) is 5.56 Å². The molecule has 3 aromatic rings. The molecule has 0 atom stereocenters. The van der Waals surface area contributed by atoms with Gasteiger partial charge in [-0.1, -0.05) is 24.3 Å². The van der Waals surface area contributed by atoms with E-state index in [1.165, 1.54) is 12.8 Å². The monoisotopic (exact) mass is 372 g/mol. The number of nitrogens with one attached hydrogen (secondary N) is 1. The van der Waals surface area contributed by atoms with Crippen LogP contribution in [-0.4, -0.2) is 29.0 Å². The van der Waals surface area contributed by atoms with Gasteiger partial charge in [-0.25, -0.2) is 4.98 Å². The van der Waals surface area contributed by atoms with Gasteiger partial charge in [-0.15, -0.1) is 0 Å². The molecule has 1 saturated heterocycles. The zero-order valence-electron chi connectivity index (χ0n) is 16.3. The van der Waals surface area contributed by atoms with Crippen LogP contribution in [0.1, 0.15) is 34.3 Å². The van der Waals surface area contributed by atoms with E-state index in [9.17, 15) is 4.79 Å². The molecule has 0 bridgehead atoms. The van der Waals surface area contributed by atoms with Crippen molar-refractivity contribution in [3.63, 3.8) is 0 Å². The van der Waals surface area contributed by atoms with E-state index in [0.717, 1.165) is 47.0 Å². The summed E-state index contributed by atoms with van der Waals surface area (Å²) in [6.07, 6.45) is 5.79. The number of anilines is 2. The lowest BCUT2D eigenvalue weighted by Crippen LogP contribution is -2.20. The first-order valence-electron chi connectivity index (χ1n) is 9.67. The first kappa shape index (κ1) is 18.2.